The van der Waals surface area contributed by atoms with Crippen molar-refractivity contribution in [3.8, 4) is 11.1 Å². The van der Waals surface area contributed by atoms with Gasteiger partial charge in [0.05, 0.1) is 24.7 Å². The number of nitrogens with zero attached hydrogens (tertiary/aromatic N) is 4. The Bertz CT molecular complexity index is 1540. The first-order valence-electron chi connectivity index (χ1n) is 12.1. The number of carbonyl (C=O) groups is 2. The van der Waals surface area contributed by atoms with Crippen molar-refractivity contribution in [2.24, 2.45) is 0 Å². The van der Waals surface area contributed by atoms with E-state index >= 15 is 0 Å². The topological polar surface area (TPSA) is 126 Å². The molecule has 3 N–H and O–H groups in total. The number of ether oxygens (including phenoxy) is 1. The molecule has 0 saturated carbocycles. The number of fused-ring (bicyclic) bond motifs is 2. The molecule has 37 heavy (non-hydrogen) atoms. The van der Waals surface area contributed by atoms with Crippen LogP contribution in [0.1, 0.15) is 29.4 Å². The zero-order valence-electron chi connectivity index (χ0n) is 20.4. The molecule has 188 valence electrons. The highest BCUT2D eigenvalue weighted by atomic mass is 16.5. The number of amides is 2. The van der Waals surface area contributed by atoms with Crippen LogP contribution in [0.2, 0.25) is 0 Å². The van der Waals surface area contributed by atoms with Gasteiger partial charge in [0.2, 0.25) is 5.91 Å². The molecule has 0 bridgehead atoms. The van der Waals surface area contributed by atoms with Crippen molar-refractivity contribution in [1.29, 1.82) is 0 Å². The monoisotopic (exact) mass is 497 g/mol. The van der Waals surface area contributed by atoms with Crippen molar-refractivity contribution in [2.45, 2.75) is 19.8 Å². The molecular weight excluding hydrogens is 470 g/mol. The molecule has 0 aliphatic rings. The molecule has 4 heterocycles. The minimum absolute atomic E-state index is 0.125. The quantitative estimate of drug-likeness (QED) is 0.253. The average molecular weight is 498 g/mol. The van der Waals surface area contributed by atoms with Crippen molar-refractivity contribution >= 4 is 34.1 Å². The summed E-state index contributed by atoms with van der Waals surface area (Å²) in [5.74, 6) is -0.303. The van der Waals surface area contributed by atoms with E-state index in [-0.39, 0.29) is 18.2 Å². The molecule has 0 aliphatic heterocycles. The lowest BCUT2D eigenvalue weighted by Crippen LogP contribution is -2.25. The van der Waals surface area contributed by atoms with Gasteiger partial charge >= 0.3 is 0 Å². The third-order valence-corrected chi connectivity index (χ3v) is 5.97. The van der Waals surface area contributed by atoms with Crippen LogP contribution in [0.4, 0.5) is 5.69 Å². The molecule has 5 rings (SSSR count). The molecule has 0 atom stereocenters. The Kier molecular flexibility index (Phi) is 7.18. The molecule has 2 amide bonds. The van der Waals surface area contributed by atoms with E-state index in [1.807, 2.05) is 31.3 Å². The van der Waals surface area contributed by atoms with Crippen molar-refractivity contribution in [2.75, 3.05) is 25.1 Å². The van der Waals surface area contributed by atoms with Gasteiger partial charge in [-0.1, -0.05) is 0 Å². The number of pyridine rings is 1. The first-order valence-corrected chi connectivity index (χ1v) is 12.1. The first kappa shape index (κ1) is 24.1. The molecule has 1 aromatic carbocycles. The summed E-state index contributed by atoms with van der Waals surface area (Å²) in [6.07, 6.45) is 6.18. The highest BCUT2D eigenvalue weighted by Gasteiger charge is 2.13. The molecule has 10 nitrogen and oxygen atoms in total. The average Bonchev–Trinajstić information content (AvgIpc) is 3.53. The third kappa shape index (κ3) is 5.49. The molecule has 10 heteroatoms. The van der Waals surface area contributed by atoms with Crippen LogP contribution in [0.15, 0.2) is 67.1 Å². The lowest BCUT2D eigenvalue weighted by molar-refractivity contribution is -0.117. The van der Waals surface area contributed by atoms with E-state index in [1.165, 1.54) is 0 Å². The zero-order chi connectivity index (χ0) is 25.6. The highest BCUT2D eigenvalue weighted by molar-refractivity contribution is 5.98. The maximum atomic E-state index is 12.6. The van der Waals surface area contributed by atoms with Gasteiger partial charge in [0, 0.05) is 59.9 Å². The second kappa shape index (κ2) is 11.0. The Balaban J connectivity index is 1.19. The van der Waals surface area contributed by atoms with E-state index in [2.05, 4.69) is 36.9 Å². The van der Waals surface area contributed by atoms with E-state index in [1.54, 1.807) is 41.3 Å². The molecule has 5 aromatic rings. The Hall–Kier alpha value is -4.57. The fourth-order valence-electron chi connectivity index (χ4n) is 4.14. The van der Waals surface area contributed by atoms with E-state index in [4.69, 9.17) is 4.74 Å². The van der Waals surface area contributed by atoms with Crippen LogP contribution in [-0.4, -0.2) is 56.4 Å². The van der Waals surface area contributed by atoms with Gasteiger partial charge < -0.3 is 20.4 Å². The smallest absolute Gasteiger partial charge is 0.251 e. The number of nitrogens with one attached hydrogen (secondary N) is 3. The van der Waals surface area contributed by atoms with Gasteiger partial charge in [-0.2, -0.15) is 14.8 Å². The van der Waals surface area contributed by atoms with Crippen LogP contribution in [0.5, 0.6) is 0 Å². The SMILES string of the molecule is CCOCCC(=O)Nc1ccc(C(=O)NCCc2cc3c(-c4cnn5ncccc45)ccnc3[nH]2)cc1. The molecule has 0 unspecified atom stereocenters. The molecule has 0 saturated heterocycles. The predicted molar refractivity (Wildman–Crippen MR) is 140 cm³/mol. The number of carbonyl (C=O) groups excluding carboxylic acids is 2. The fourth-order valence-corrected chi connectivity index (χ4v) is 4.14. The largest absolute Gasteiger partial charge is 0.381 e. The van der Waals surface area contributed by atoms with Gasteiger partial charge in [-0.25, -0.2) is 4.98 Å². The number of aromatic nitrogens is 5. The number of hydrogen-bond acceptors (Lipinski definition) is 6. The summed E-state index contributed by atoms with van der Waals surface area (Å²) in [5, 5.41) is 15.3. The maximum absolute atomic E-state index is 12.6. The first-order chi connectivity index (χ1) is 18.1. The summed E-state index contributed by atoms with van der Waals surface area (Å²) in [4.78, 5) is 32.3. The van der Waals surface area contributed by atoms with Crippen LogP contribution in [0, 0.1) is 0 Å². The normalized spacial score (nSPS) is 11.2. The molecule has 0 aliphatic carbocycles. The number of aromatic amines is 1. The van der Waals surface area contributed by atoms with E-state index < -0.39 is 0 Å². The van der Waals surface area contributed by atoms with Crippen LogP contribution in [0.3, 0.4) is 0 Å². The minimum atomic E-state index is -0.178. The number of rotatable bonds is 10. The highest BCUT2D eigenvalue weighted by Crippen LogP contribution is 2.30. The molecule has 4 aromatic heterocycles. The van der Waals surface area contributed by atoms with Crippen LogP contribution >= 0.6 is 0 Å². The Labute approximate surface area is 213 Å². The zero-order valence-corrected chi connectivity index (χ0v) is 20.4. The Morgan fingerprint density at radius 1 is 1.05 bits per heavy atom. The van der Waals surface area contributed by atoms with Gasteiger partial charge in [0.25, 0.3) is 5.91 Å². The maximum Gasteiger partial charge on any atom is 0.251 e. The summed E-state index contributed by atoms with van der Waals surface area (Å²) < 4.78 is 6.80. The Morgan fingerprint density at radius 2 is 1.92 bits per heavy atom. The summed E-state index contributed by atoms with van der Waals surface area (Å²) in [5.41, 5.74) is 5.82. The second-order valence-corrected chi connectivity index (χ2v) is 8.45. The molecule has 0 fully saturated rings. The molecule has 0 spiro atoms. The number of anilines is 1. The van der Waals surface area contributed by atoms with E-state index in [0.29, 0.717) is 37.4 Å². The van der Waals surface area contributed by atoms with E-state index in [9.17, 15) is 9.59 Å². The lowest BCUT2D eigenvalue weighted by Gasteiger charge is -2.07. The van der Waals surface area contributed by atoms with Crippen molar-refractivity contribution in [3.05, 3.63) is 78.4 Å². The van der Waals surface area contributed by atoms with Gasteiger partial charge in [-0.05, 0) is 61.0 Å². The van der Waals surface area contributed by atoms with Crippen molar-refractivity contribution in [1.82, 2.24) is 30.1 Å². The van der Waals surface area contributed by atoms with Gasteiger partial charge in [0.15, 0.2) is 0 Å². The van der Waals surface area contributed by atoms with Crippen molar-refractivity contribution in [3.63, 3.8) is 0 Å². The lowest BCUT2D eigenvalue weighted by atomic mass is 10.1. The number of hydrogen-bond donors (Lipinski definition) is 3. The van der Waals surface area contributed by atoms with Gasteiger partial charge in [-0.3, -0.25) is 9.59 Å². The van der Waals surface area contributed by atoms with Gasteiger partial charge in [-0.15, -0.1) is 0 Å². The fraction of sp³-hybridized carbons (Fsp3) is 0.222. The summed E-state index contributed by atoms with van der Waals surface area (Å²) in [7, 11) is 0. The summed E-state index contributed by atoms with van der Waals surface area (Å²) >= 11 is 0. The summed E-state index contributed by atoms with van der Waals surface area (Å²) in [6.45, 7) is 3.31. The Morgan fingerprint density at radius 3 is 2.76 bits per heavy atom. The van der Waals surface area contributed by atoms with Crippen LogP contribution < -0.4 is 10.6 Å². The molecular formula is C27H27N7O3. The predicted octanol–water partition coefficient (Wildman–Crippen LogP) is 3.61. The minimum Gasteiger partial charge on any atom is -0.381 e. The van der Waals surface area contributed by atoms with E-state index in [0.717, 1.165) is 33.4 Å². The number of H-pyrrole nitrogens is 1. The van der Waals surface area contributed by atoms with Gasteiger partial charge in [0.1, 0.15) is 5.65 Å². The summed E-state index contributed by atoms with van der Waals surface area (Å²) in [6, 6.07) is 14.7. The van der Waals surface area contributed by atoms with Crippen molar-refractivity contribution < 1.29 is 14.3 Å². The second-order valence-electron chi connectivity index (χ2n) is 8.45. The molecule has 0 radical (unpaired) electrons. The number of benzene rings is 1. The third-order valence-electron chi connectivity index (χ3n) is 5.97. The van der Waals surface area contributed by atoms with Crippen LogP contribution in [-0.2, 0) is 16.0 Å². The van der Waals surface area contributed by atoms with Crippen LogP contribution in [0.25, 0.3) is 27.7 Å². The standard InChI is InChI=1S/C27H27N7O3/c1-2-37-15-11-25(35)32-19-7-5-18(6-8-19)27(36)29-13-9-20-16-22-21(10-14-28-26(22)33-20)23-17-31-34-24(23)4-3-12-30-34/h3-8,10,12,14,16-17H,2,9,11,13,15H2,1H3,(H,28,33)(H,29,36)(H,32,35).